The van der Waals surface area contributed by atoms with Gasteiger partial charge in [0.2, 0.25) is 0 Å². The van der Waals surface area contributed by atoms with Crippen molar-refractivity contribution in [3.05, 3.63) is 77.8 Å². The molecule has 5 rings (SSSR count). The summed E-state index contributed by atoms with van der Waals surface area (Å²) in [4.78, 5) is 14.5. The van der Waals surface area contributed by atoms with Gasteiger partial charge >= 0.3 is 0 Å². The number of nitriles is 1. The summed E-state index contributed by atoms with van der Waals surface area (Å²) in [6, 6.07) is 15.5. The molecule has 0 unspecified atom stereocenters. The fraction of sp³-hybridized carbons (Fsp3) is 0.158. The van der Waals surface area contributed by atoms with Crippen LogP contribution in [0.4, 0.5) is 5.82 Å². The Morgan fingerprint density at radius 2 is 2.15 bits per heavy atom. The summed E-state index contributed by atoms with van der Waals surface area (Å²) < 4.78 is 1.87. The van der Waals surface area contributed by atoms with E-state index < -0.39 is 0 Å². The molecular weight excluding hydrogens is 326 g/mol. The molecule has 7 nitrogen and oxygen atoms in total. The van der Waals surface area contributed by atoms with Crippen LogP contribution in [0.1, 0.15) is 28.8 Å². The molecule has 0 spiro atoms. The standard InChI is InChI=1S/C19H15N7/c20-11-13-4-3-6-17(23-13)25-9-7-15-18(22-12-21-15)19(25)16-10-14-5-1-2-8-26(14)24-16/h1-6,8,10,12,19H,7,9H2,(H,21,22)/t19-/m1/s1. The van der Waals surface area contributed by atoms with E-state index in [0.717, 1.165) is 41.4 Å². The van der Waals surface area contributed by atoms with Crippen molar-refractivity contribution in [2.45, 2.75) is 12.5 Å². The molecule has 0 saturated carbocycles. The number of nitrogens with zero attached hydrogens (tertiary/aromatic N) is 6. The topological polar surface area (TPSA) is 85.9 Å². The van der Waals surface area contributed by atoms with Crippen molar-refractivity contribution < 1.29 is 0 Å². The van der Waals surface area contributed by atoms with Crippen LogP contribution >= 0.6 is 0 Å². The number of aromatic amines is 1. The maximum Gasteiger partial charge on any atom is 0.142 e. The van der Waals surface area contributed by atoms with E-state index >= 15 is 0 Å². The van der Waals surface area contributed by atoms with Crippen molar-refractivity contribution in [3.8, 4) is 6.07 Å². The van der Waals surface area contributed by atoms with Crippen LogP contribution in [0.25, 0.3) is 5.52 Å². The highest BCUT2D eigenvalue weighted by Crippen LogP contribution is 2.35. The molecule has 0 radical (unpaired) electrons. The number of hydrogen-bond acceptors (Lipinski definition) is 5. The van der Waals surface area contributed by atoms with Crippen LogP contribution in [0, 0.1) is 11.3 Å². The maximum absolute atomic E-state index is 9.20. The smallest absolute Gasteiger partial charge is 0.142 e. The van der Waals surface area contributed by atoms with E-state index in [1.807, 2.05) is 41.0 Å². The number of H-pyrrole nitrogens is 1. The van der Waals surface area contributed by atoms with E-state index in [1.54, 1.807) is 12.4 Å². The second-order valence-corrected chi connectivity index (χ2v) is 6.24. The lowest BCUT2D eigenvalue weighted by Gasteiger charge is -2.34. The minimum atomic E-state index is -0.147. The third-order valence-corrected chi connectivity index (χ3v) is 4.74. The Labute approximate surface area is 149 Å². The average molecular weight is 341 g/mol. The van der Waals surface area contributed by atoms with Crippen LogP contribution in [0.5, 0.6) is 0 Å². The van der Waals surface area contributed by atoms with Crippen molar-refractivity contribution in [2.75, 3.05) is 11.4 Å². The molecule has 0 aliphatic carbocycles. The summed E-state index contributed by atoms with van der Waals surface area (Å²) in [7, 11) is 0. The fourth-order valence-corrected chi connectivity index (χ4v) is 3.56. The molecule has 1 aliphatic rings. The summed E-state index contributed by atoms with van der Waals surface area (Å²) in [6.07, 6.45) is 4.51. The molecule has 1 aliphatic heterocycles. The van der Waals surface area contributed by atoms with Gasteiger partial charge in [0, 0.05) is 24.9 Å². The van der Waals surface area contributed by atoms with E-state index in [0.29, 0.717) is 5.69 Å². The zero-order valence-electron chi connectivity index (χ0n) is 13.9. The van der Waals surface area contributed by atoms with E-state index in [2.05, 4.69) is 32.0 Å². The van der Waals surface area contributed by atoms with Crippen molar-refractivity contribution in [1.82, 2.24) is 24.6 Å². The van der Waals surface area contributed by atoms with Crippen molar-refractivity contribution in [2.24, 2.45) is 0 Å². The minimum absolute atomic E-state index is 0.147. The van der Waals surface area contributed by atoms with Gasteiger partial charge in [0.15, 0.2) is 0 Å². The third-order valence-electron chi connectivity index (χ3n) is 4.74. The van der Waals surface area contributed by atoms with Gasteiger partial charge in [-0.05, 0) is 30.3 Å². The molecule has 0 aromatic carbocycles. The third kappa shape index (κ3) is 2.24. The van der Waals surface area contributed by atoms with Crippen LogP contribution in [0.15, 0.2) is 55.0 Å². The summed E-state index contributed by atoms with van der Waals surface area (Å²) >= 11 is 0. The summed E-state index contributed by atoms with van der Waals surface area (Å²) in [5.41, 5.74) is 4.44. The van der Waals surface area contributed by atoms with Crippen LogP contribution in [0.2, 0.25) is 0 Å². The van der Waals surface area contributed by atoms with Gasteiger partial charge in [0.25, 0.3) is 0 Å². The average Bonchev–Trinajstić information content (AvgIpc) is 3.33. The van der Waals surface area contributed by atoms with Gasteiger partial charge in [-0.25, -0.2) is 14.5 Å². The zero-order valence-corrected chi connectivity index (χ0v) is 13.9. The van der Waals surface area contributed by atoms with Crippen molar-refractivity contribution in [3.63, 3.8) is 0 Å². The fourth-order valence-electron chi connectivity index (χ4n) is 3.56. The molecule has 4 aromatic heterocycles. The number of imidazole rings is 1. The lowest BCUT2D eigenvalue weighted by atomic mass is 9.99. The normalized spacial score (nSPS) is 16.4. The number of fused-ring (bicyclic) bond motifs is 2. The number of pyridine rings is 2. The van der Waals surface area contributed by atoms with Gasteiger partial charge in [0.05, 0.1) is 23.2 Å². The van der Waals surface area contributed by atoms with E-state index in [1.165, 1.54) is 0 Å². The van der Waals surface area contributed by atoms with Crippen LogP contribution in [-0.4, -0.2) is 31.1 Å². The Morgan fingerprint density at radius 3 is 3.04 bits per heavy atom. The molecule has 26 heavy (non-hydrogen) atoms. The predicted molar refractivity (Wildman–Crippen MR) is 95.6 cm³/mol. The maximum atomic E-state index is 9.20. The number of rotatable bonds is 2. The Balaban J connectivity index is 1.67. The quantitative estimate of drug-likeness (QED) is 0.605. The van der Waals surface area contributed by atoms with Crippen LogP contribution in [0.3, 0.4) is 0 Å². The van der Waals surface area contributed by atoms with Gasteiger partial charge in [0.1, 0.15) is 23.6 Å². The second kappa shape index (κ2) is 5.70. The van der Waals surface area contributed by atoms with Gasteiger partial charge in [-0.2, -0.15) is 10.4 Å². The first-order valence-electron chi connectivity index (χ1n) is 8.44. The SMILES string of the molecule is N#Cc1cccc(N2CCc3[nH]cnc3[C@H]2c2cc3ccccn3n2)n1. The molecule has 0 saturated heterocycles. The molecule has 1 atom stereocenters. The first kappa shape index (κ1) is 14.7. The number of aromatic nitrogens is 5. The highest BCUT2D eigenvalue weighted by atomic mass is 15.3. The number of hydrogen-bond donors (Lipinski definition) is 1. The van der Waals surface area contributed by atoms with Crippen LogP contribution in [-0.2, 0) is 6.42 Å². The molecule has 4 aromatic rings. The van der Waals surface area contributed by atoms with Crippen molar-refractivity contribution >= 4 is 11.3 Å². The summed E-state index contributed by atoms with van der Waals surface area (Å²) in [5, 5.41) is 14.0. The van der Waals surface area contributed by atoms with Gasteiger partial charge in [-0.3, -0.25) is 0 Å². The first-order chi connectivity index (χ1) is 12.8. The predicted octanol–water partition coefficient (Wildman–Crippen LogP) is 2.48. The monoisotopic (exact) mass is 341 g/mol. The Kier molecular flexibility index (Phi) is 3.22. The highest BCUT2D eigenvalue weighted by molar-refractivity contribution is 5.54. The molecular formula is C19H15N7. The van der Waals surface area contributed by atoms with Crippen molar-refractivity contribution in [1.29, 1.82) is 5.26 Å². The largest absolute Gasteiger partial charge is 0.348 e. The molecule has 0 bridgehead atoms. The van der Waals surface area contributed by atoms with Gasteiger partial charge < -0.3 is 9.88 Å². The van der Waals surface area contributed by atoms with E-state index in [-0.39, 0.29) is 6.04 Å². The molecule has 126 valence electrons. The van der Waals surface area contributed by atoms with Gasteiger partial charge in [-0.15, -0.1) is 0 Å². The van der Waals surface area contributed by atoms with E-state index in [9.17, 15) is 5.26 Å². The Bertz CT molecular complexity index is 1100. The molecule has 1 N–H and O–H groups in total. The molecule has 7 heteroatoms. The summed E-state index contributed by atoms with van der Waals surface area (Å²) in [5.74, 6) is 0.764. The first-order valence-corrected chi connectivity index (χ1v) is 8.44. The second-order valence-electron chi connectivity index (χ2n) is 6.24. The molecule has 5 heterocycles. The molecule has 0 amide bonds. The number of nitrogens with one attached hydrogen (secondary N) is 1. The highest BCUT2D eigenvalue weighted by Gasteiger charge is 2.33. The Morgan fingerprint density at radius 1 is 1.19 bits per heavy atom. The molecule has 0 fully saturated rings. The van der Waals surface area contributed by atoms with Gasteiger partial charge in [-0.1, -0.05) is 12.1 Å². The van der Waals surface area contributed by atoms with Crippen LogP contribution < -0.4 is 4.90 Å². The lowest BCUT2D eigenvalue weighted by molar-refractivity contribution is 0.610. The summed E-state index contributed by atoms with van der Waals surface area (Å²) in [6.45, 7) is 0.773. The van der Waals surface area contributed by atoms with E-state index in [4.69, 9.17) is 5.10 Å². The number of anilines is 1. The lowest BCUT2D eigenvalue weighted by Crippen LogP contribution is -2.37. The zero-order chi connectivity index (χ0) is 17.5. The Hall–Kier alpha value is -3.66. The minimum Gasteiger partial charge on any atom is -0.348 e.